The lowest BCUT2D eigenvalue weighted by Crippen LogP contribution is -2.54. The van der Waals surface area contributed by atoms with E-state index in [1.807, 2.05) is 0 Å². The van der Waals surface area contributed by atoms with Crippen molar-refractivity contribution in [2.45, 2.75) is 44.8 Å². The molecule has 1 fully saturated rings. The zero-order valence-corrected chi connectivity index (χ0v) is 14.2. The van der Waals surface area contributed by atoms with Crippen molar-refractivity contribution in [3.05, 3.63) is 0 Å². The Kier molecular flexibility index (Phi) is 10.2. The molecule has 0 saturated carbocycles. The minimum Gasteiger partial charge on any atom is -0.389 e. The zero-order valence-electron chi connectivity index (χ0n) is 14.2. The summed E-state index contributed by atoms with van der Waals surface area (Å²) >= 11 is 0. The Bertz CT molecular complexity index is 254. The summed E-state index contributed by atoms with van der Waals surface area (Å²) in [5.41, 5.74) is 0. The van der Waals surface area contributed by atoms with Gasteiger partial charge in [-0.05, 0) is 20.5 Å². The molecule has 2 unspecified atom stereocenters. The van der Waals surface area contributed by atoms with Crippen LogP contribution in [0.4, 0.5) is 0 Å². The summed E-state index contributed by atoms with van der Waals surface area (Å²) in [6.45, 7) is 8.31. The first-order valence-electron chi connectivity index (χ1n) is 8.48. The van der Waals surface area contributed by atoms with Crippen LogP contribution >= 0.6 is 0 Å². The molecule has 1 saturated heterocycles. The Hall–Kier alpha value is -0.200. The summed E-state index contributed by atoms with van der Waals surface area (Å²) in [6, 6.07) is 0.533. The highest BCUT2D eigenvalue weighted by Crippen LogP contribution is 2.04. The maximum atomic E-state index is 9.89. The van der Waals surface area contributed by atoms with Gasteiger partial charge in [0.15, 0.2) is 0 Å². The minimum atomic E-state index is -0.400. The molecule has 0 aromatic rings. The van der Waals surface area contributed by atoms with E-state index in [1.54, 1.807) is 0 Å². The van der Waals surface area contributed by atoms with E-state index in [0.29, 0.717) is 19.2 Å². The number of aliphatic hydroxyl groups is 1. The van der Waals surface area contributed by atoms with Crippen LogP contribution in [0, 0.1) is 0 Å². The van der Waals surface area contributed by atoms with Gasteiger partial charge < -0.3 is 20.1 Å². The monoisotopic (exact) mass is 301 g/mol. The van der Waals surface area contributed by atoms with Crippen LogP contribution in [-0.4, -0.2) is 87.1 Å². The van der Waals surface area contributed by atoms with E-state index in [2.05, 4.69) is 36.1 Å². The third-order valence-electron chi connectivity index (χ3n) is 4.19. The maximum absolute atomic E-state index is 9.89. The fraction of sp³-hybridized carbons (Fsp3) is 1.00. The van der Waals surface area contributed by atoms with Crippen LogP contribution in [-0.2, 0) is 4.74 Å². The van der Waals surface area contributed by atoms with E-state index in [4.69, 9.17) is 4.74 Å². The second kappa shape index (κ2) is 11.4. The highest BCUT2D eigenvalue weighted by Gasteiger charge is 2.21. The van der Waals surface area contributed by atoms with E-state index in [0.717, 1.165) is 39.2 Å². The van der Waals surface area contributed by atoms with Gasteiger partial charge in [-0.15, -0.1) is 0 Å². The van der Waals surface area contributed by atoms with Crippen molar-refractivity contribution in [3.63, 3.8) is 0 Å². The number of nitrogens with one attached hydrogen (secondary N) is 1. The second-order valence-electron chi connectivity index (χ2n) is 6.34. The Morgan fingerprint density at radius 3 is 2.81 bits per heavy atom. The van der Waals surface area contributed by atoms with Gasteiger partial charge in [-0.2, -0.15) is 0 Å². The topological polar surface area (TPSA) is 48.0 Å². The van der Waals surface area contributed by atoms with Gasteiger partial charge in [0, 0.05) is 45.4 Å². The van der Waals surface area contributed by atoms with Crippen molar-refractivity contribution in [2.75, 3.05) is 60.0 Å². The van der Waals surface area contributed by atoms with Gasteiger partial charge in [-0.1, -0.05) is 26.2 Å². The number of likely N-dealkylation sites (N-methyl/N-ethyl adjacent to an activating group) is 2. The standard InChI is InChI=1S/C16H35N3O2/c1-4-5-6-7-10-21-14-16(20)12-17-11-15-13-18(2)8-9-19(15)3/h15-17,20H,4-14H2,1-3H3. The highest BCUT2D eigenvalue weighted by molar-refractivity contribution is 4.80. The predicted molar refractivity (Wildman–Crippen MR) is 87.8 cm³/mol. The van der Waals surface area contributed by atoms with E-state index < -0.39 is 6.10 Å². The van der Waals surface area contributed by atoms with Crippen LogP contribution < -0.4 is 5.32 Å². The molecule has 0 aromatic carbocycles. The number of piperazine rings is 1. The predicted octanol–water partition coefficient (Wildman–Crippen LogP) is 0.780. The molecule has 0 aromatic heterocycles. The van der Waals surface area contributed by atoms with Crippen LogP contribution in [0.5, 0.6) is 0 Å². The number of aliphatic hydroxyl groups excluding tert-OH is 1. The van der Waals surface area contributed by atoms with Gasteiger partial charge >= 0.3 is 0 Å². The van der Waals surface area contributed by atoms with Crippen molar-refractivity contribution in [1.29, 1.82) is 0 Å². The average Bonchev–Trinajstić information content (AvgIpc) is 2.46. The largest absolute Gasteiger partial charge is 0.389 e. The molecule has 0 aliphatic carbocycles. The molecule has 2 N–H and O–H groups in total. The molecule has 0 amide bonds. The summed E-state index contributed by atoms with van der Waals surface area (Å²) in [5.74, 6) is 0. The van der Waals surface area contributed by atoms with E-state index in [9.17, 15) is 5.11 Å². The quantitative estimate of drug-likeness (QED) is 0.552. The molecule has 0 bridgehead atoms. The van der Waals surface area contributed by atoms with Crippen molar-refractivity contribution in [2.24, 2.45) is 0 Å². The molecule has 1 aliphatic rings. The van der Waals surface area contributed by atoms with E-state index >= 15 is 0 Å². The lowest BCUT2D eigenvalue weighted by atomic mass is 10.2. The van der Waals surface area contributed by atoms with Crippen LogP contribution in [0.3, 0.4) is 0 Å². The Morgan fingerprint density at radius 2 is 2.05 bits per heavy atom. The number of ether oxygens (including phenoxy) is 1. The van der Waals surface area contributed by atoms with Crippen LogP contribution in [0.1, 0.15) is 32.6 Å². The molecule has 1 rings (SSSR count). The van der Waals surface area contributed by atoms with Gasteiger partial charge in [-0.3, -0.25) is 4.90 Å². The lowest BCUT2D eigenvalue weighted by Gasteiger charge is -2.37. The summed E-state index contributed by atoms with van der Waals surface area (Å²) in [7, 11) is 4.34. The second-order valence-corrected chi connectivity index (χ2v) is 6.34. The third kappa shape index (κ3) is 8.73. The number of unbranched alkanes of at least 4 members (excludes halogenated alkanes) is 3. The molecule has 1 aliphatic heterocycles. The molecule has 5 nitrogen and oxygen atoms in total. The highest BCUT2D eigenvalue weighted by atomic mass is 16.5. The number of hydrogen-bond donors (Lipinski definition) is 2. The van der Waals surface area contributed by atoms with Gasteiger partial charge in [0.25, 0.3) is 0 Å². The molecular formula is C16H35N3O2. The minimum absolute atomic E-state index is 0.400. The van der Waals surface area contributed by atoms with Crippen molar-refractivity contribution in [1.82, 2.24) is 15.1 Å². The van der Waals surface area contributed by atoms with Gasteiger partial charge in [0.1, 0.15) is 0 Å². The molecule has 0 spiro atoms. The van der Waals surface area contributed by atoms with E-state index in [1.165, 1.54) is 19.3 Å². The Balaban J connectivity index is 1.98. The summed E-state index contributed by atoms with van der Waals surface area (Å²) in [6.07, 6.45) is 4.45. The van der Waals surface area contributed by atoms with Gasteiger partial charge in [0.2, 0.25) is 0 Å². The molecule has 5 heteroatoms. The average molecular weight is 301 g/mol. The van der Waals surface area contributed by atoms with Crippen LogP contribution in [0.2, 0.25) is 0 Å². The van der Waals surface area contributed by atoms with E-state index in [-0.39, 0.29) is 0 Å². The fourth-order valence-electron chi connectivity index (χ4n) is 2.65. The smallest absolute Gasteiger partial charge is 0.0897 e. The van der Waals surface area contributed by atoms with Crippen molar-refractivity contribution in [3.8, 4) is 0 Å². The van der Waals surface area contributed by atoms with Gasteiger partial charge in [-0.25, -0.2) is 0 Å². The number of rotatable bonds is 11. The first-order valence-corrected chi connectivity index (χ1v) is 8.48. The van der Waals surface area contributed by atoms with Crippen molar-refractivity contribution < 1.29 is 9.84 Å². The van der Waals surface area contributed by atoms with Crippen LogP contribution in [0.25, 0.3) is 0 Å². The number of nitrogens with zero attached hydrogens (tertiary/aromatic N) is 2. The molecule has 0 radical (unpaired) electrons. The molecule has 1 heterocycles. The first-order chi connectivity index (χ1) is 10.1. The molecule has 126 valence electrons. The molecule has 2 atom stereocenters. The molecular weight excluding hydrogens is 266 g/mol. The first kappa shape index (κ1) is 18.8. The lowest BCUT2D eigenvalue weighted by molar-refractivity contribution is 0.0335. The summed E-state index contributed by atoms with van der Waals surface area (Å²) in [5, 5.41) is 13.3. The Labute approximate surface area is 130 Å². The Morgan fingerprint density at radius 1 is 1.24 bits per heavy atom. The van der Waals surface area contributed by atoms with Gasteiger partial charge in [0.05, 0.1) is 12.7 Å². The maximum Gasteiger partial charge on any atom is 0.0897 e. The fourth-order valence-corrected chi connectivity index (χ4v) is 2.65. The SMILES string of the molecule is CCCCCCOCC(O)CNCC1CN(C)CCN1C. The third-order valence-corrected chi connectivity index (χ3v) is 4.19. The van der Waals surface area contributed by atoms with Crippen LogP contribution in [0.15, 0.2) is 0 Å². The zero-order chi connectivity index (χ0) is 15.5. The summed E-state index contributed by atoms with van der Waals surface area (Å²) < 4.78 is 5.51. The normalized spacial score (nSPS) is 22.6. The molecule has 21 heavy (non-hydrogen) atoms. The number of hydrogen-bond acceptors (Lipinski definition) is 5. The van der Waals surface area contributed by atoms with Crippen molar-refractivity contribution >= 4 is 0 Å². The summed E-state index contributed by atoms with van der Waals surface area (Å²) in [4.78, 5) is 4.76.